The zero-order valence-corrected chi connectivity index (χ0v) is 11.8. The van der Waals surface area contributed by atoms with Gasteiger partial charge in [-0.25, -0.2) is 0 Å². The second-order valence-corrected chi connectivity index (χ2v) is 4.50. The Kier molecular flexibility index (Phi) is 12.2. The molecule has 0 aliphatic heterocycles. The predicted molar refractivity (Wildman–Crippen MR) is 70.4 cm³/mol. The fraction of sp³-hybridized carbons (Fsp3) is 1.00. The normalized spacial score (nSPS) is 13.2. The maximum atomic E-state index is 5.49. The quantitative estimate of drug-likeness (QED) is 0.533. The minimum atomic E-state index is 0.594. The number of hydrogen-bond donors (Lipinski definition) is 1. The molecule has 1 unspecified atom stereocenters. The minimum absolute atomic E-state index is 0.594. The number of nitrogens with one attached hydrogen (secondary N) is 1. The Hall–Kier alpha value is -0.160. The van der Waals surface area contributed by atoms with E-state index in [0.717, 1.165) is 13.0 Å². The van der Waals surface area contributed by atoms with Crippen LogP contribution in [-0.2, 0) is 14.2 Å². The van der Waals surface area contributed by atoms with E-state index in [1.807, 2.05) is 7.05 Å². The van der Waals surface area contributed by atoms with E-state index in [1.54, 1.807) is 7.11 Å². The zero-order chi connectivity index (χ0) is 12.9. The van der Waals surface area contributed by atoms with Crippen LogP contribution in [0.25, 0.3) is 0 Å². The number of hydrogen-bond acceptors (Lipinski definition) is 4. The first kappa shape index (κ1) is 16.8. The molecule has 104 valence electrons. The minimum Gasteiger partial charge on any atom is -0.382 e. The number of ether oxygens (including phenoxy) is 3. The summed E-state index contributed by atoms with van der Waals surface area (Å²) in [6, 6.07) is 0.594. The van der Waals surface area contributed by atoms with Crippen LogP contribution in [0.5, 0.6) is 0 Å². The third kappa shape index (κ3) is 10.7. The lowest BCUT2D eigenvalue weighted by atomic mass is 10.00. The summed E-state index contributed by atoms with van der Waals surface area (Å²) in [5.41, 5.74) is 0. The fourth-order valence-corrected chi connectivity index (χ4v) is 1.68. The van der Waals surface area contributed by atoms with Gasteiger partial charge < -0.3 is 19.5 Å². The molecule has 0 amide bonds. The SMILES string of the molecule is CNC(CCCOCCOCCOC)C(C)C. The molecule has 1 N–H and O–H groups in total. The van der Waals surface area contributed by atoms with Gasteiger partial charge in [-0.1, -0.05) is 13.8 Å². The highest BCUT2D eigenvalue weighted by molar-refractivity contribution is 4.67. The summed E-state index contributed by atoms with van der Waals surface area (Å²) in [7, 11) is 3.70. The summed E-state index contributed by atoms with van der Waals surface area (Å²) in [6.07, 6.45) is 2.26. The van der Waals surface area contributed by atoms with Gasteiger partial charge in [-0.05, 0) is 25.8 Å². The molecule has 4 nitrogen and oxygen atoms in total. The lowest BCUT2D eigenvalue weighted by Gasteiger charge is -2.19. The molecule has 0 rings (SSSR count). The number of rotatable bonds is 12. The Bertz CT molecular complexity index is 154. The van der Waals surface area contributed by atoms with Gasteiger partial charge in [0.15, 0.2) is 0 Å². The molecule has 4 heteroatoms. The molecule has 0 aromatic carbocycles. The second kappa shape index (κ2) is 12.3. The van der Waals surface area contributed by atoms with Crippen LogP contribution in [0.15, 0.2) is 0 Å². The highest BCUT2D eigenvalue weighted by Crippen LogP contribution is 2.07. The predicted octanol–water partition coefficient (Wildman–Crippen LogP) is 1.69. The summed E-state index contributed by atoms with van der Waals surface area (Å²) in [5, 5.41) is 3.33. The second-order valence-electron chi connectivity index (χ2n) is 4.50. The average molecular weight is 247 g/mol. The van der Waals surface area contributed by atoms with Gasteiger partial charge in [0.2, 0.25) is 0 Å². The highest BCUT2D eigenvalue weighted by atomic mass is 16.5. The summed E-state index contributed by atoms with van der Waals surface area (Å²) in [6.45, 7) is 7.93. The Morgan fingerprint density at radius 2 is 1.53 bits per heavy atom. The Morgan fingerprint density at radius 3 is 2.06 bits per heavy atom. The van der Waals surface area contributed by atoms with Gasteiger partial charge in [0, 0.05) is 19.8 Å². The maximum absolute atomic E-state index is 5.49. The molecule has 0 spiro atoms. The van der Waals surface area contributed by atoms with Crippen LogP contribution in [0.4, 0.5) is 0 Å². The van der Waals surface area contributed by atoms with Crippen LogP contribution in [0.2, 0.25) is 0 Å². The molecule has 0 aromatic rings. The highest BCUT2D eigenvalue weighted by Gasteiger charge is 2.09. The van der Waals surface area contributed by atoms with Gasteiger partial charge in [0.25, 0.3) is 0 Å². The van der Waals surface area contributed by atoms with Crippen LogP contribution in [0.1, 0.15) is 26.7 Å². The van der Waals surface area contributed by atoms with Crippen molar-refractivity contribution < 1.29 is 14.2 Å². The molecule has 0 aliphatic rings. The van der Waals surface area contributed by atoms with E-state index in [4.69, 9.17) is 14.2 Å². The van der Waals surface area contributed by atoms with Gasteiger partial charge >= 0.3 is 0 Å². The van der Waals surface area contributed by atoms with Gasteiger partial charge in [-0.15, -0.1) is 0 Å². The van der Waals surface area contributed by atoms with Crippen molar-refractivity contribution in [3.05, 3.63) is 0 Å². The zero-order valence-electron chi connectivity index (χ0n) is 11.8. The van der Waals surface area contributed by atoms with Crippen LogP contribution in [-0.4, -0.2) is 53.2 Å². The molecule has 0 heterocycles. The first-order valence-corrected chi connectivity index (χ1v) is 6.54. The van der Waals surface area contributed by atoms with Crippen molar-refractivity contribution in [2.24, 2.45) is 5.92 Å². The smallest absolute Gasteiger partial charge is 0.0701 e. The molecule has 0 aromatic heterocycles. The van der Waals surface area contributed by atoms with E-state index in [2.05, 4.69) is 19.2 Å². The first-order valence-electron chi connectivity index (χ1n) is 6.54. The molecule has 0 radical (unpaired) electrons. The van der Waals surface area contributed by atoms with Crippen molar-refractivity contribution >= 4 is 0 Å². The van der Waals surface area contributed by atoms with Crippen LogP contribution in [0.3, 0.4) is 0 Å². The third-order valence-electron chi connectivity index (χ3n) is 2.78. The standard InChI is InChI=1S/C13H29NO3/c1-12(2)13(14-3)6-5-7-16-10-11-17-9-8-15-4/h12-14H,5-11H2,1-4H3. The first-order chi connectivity index (χ1) is 8.22. The van der Waals surface area contributed by atoms with Gasteiger partial charge in [-0.3, -0.25) is 0 Å². The third-order valence-corrected chi connectivity index (χ3v) is 2.78. The van der Waals surface area contributed by atoms with E-state index in [-0.39, 0.29) is 0 Å². The van der Waals surface area contributed by atoms with Crippen molar-refractivity contribution in [3.8, 4) is 0 Å². The Balaban J connectivity index is 3.17. The van der Waals surface area contributed by atoms with E-state index < -0.39 is 0 Å². The lowest BCUT2D eigenvalue weighted by Crippen LogP contribution is -2.30. The van der Waals surface area contributed by atoms with E-state index in [1.165, 1.54) is 6.42 Å². The Morgan fingerprint density at radius 1 is 0.941 bits per heavy atom. The van der Waals surface area contributed by atoms with Gasteiger partial charge in [0.1, 0.15) is 0 Å². The number of methoxy groups -OCH3 is 1. The van der Waals surface area contributed by atoms with E-state index >= 15 is 0 Å². The van der Waals surface area contributed by atoms with Crippen molar-refractivity contribution in [3.63, 3.8) is 0 Å². The van der Waals surface area contributed by atoms with Crippen molar-refractivity contribution in [2.45, 2.75) is 32.7 Å². The maximum Gasteiger partial charge on any atom is 0.0701 e. The van der Waals surface area contributed by atoms with E-state index in [0.29, 0.717) is 38.4 Å². The Labute approximate surface area is 106 Å². The van der Waals surface area contributed by atoms with Crippen molar-refractivity contribution in [2.75, 3.05) is 47.2 Å². The molecule has 17 heavy (non-hydrogen) atoms. The van der Waals surface area contributed by atoms with Gasteiger partial charge in [-0.2, -0.15) is 0 Å². The monoisotopic (exact) mass is 247 g/mol. The molecule has 0 saturated heterocycles. The van der Waals surface area contributed by atoms with Crippen LogP contribution in [0, 0.1) is 5.92 Å². The van der Waals surface area contributed by atoms with Crippen molar-refractivity contribution in [1.82, 2.24) is 5.32 Å². The molecule has 1 atom stereocenters. The van der Waals surface area contributed by atoms with E-state index in [9.17, 15) is 0 Å². The summed E-state index contributed by atoms with van der Waals surface area (Å²) in [5.74, 6) is 0.678. The average Bonchev–Trinajstić information content (AvgIpc) is 2.31. The van der Waals surface area contributed by atoms with Gasteiger partial charge in [0.05, 0.1) is 26.4 Å². The van der Waals surface area contributed by atoms with Crippen LogP contribution < -0.4 is 5.32 Å². The lowest BCUT2D eigenvalue weighted by molar-refractivity contribution is 0.0235. The molecular weight excluding hydrogens is 218 g/mol. The fourth-order valence-electron chi connectivity index (χ4n) is 1.68. The molecule has 0 bridgehead atoms. The molecular formula is C13H29NO3. The molecule has 0 aliphatic carbocycles. The summed E-state index contributed by atoms with van der Waals surface area (Å²) in [4.78, 5) is 0. The van der Waals surface area contributed by atoms with Crippen molar-refractivity contribution in [1.29, 1.82) is 0 Å². The topological polar surface area (TPSA) is 39.7 Å². The largest absolute Gasteiger partial charge is 0.382 e. The molecule has 0 saturated carbocycles. The summed E-state index contributed by atoms with van der Waals surface area (Å²) < 4.78 is 15.7. The molecule has 0 fully saturated rings. The summed E-state index contributed by atoms with van der Waals surface area (Å²) >= 11 is 0. The van der Waals surface area contributed by atoms with Crippen LogP contribution >= 0.6 is 0 Å².